The molecular formula is C11H18N4O4. The van der Waals surface area contributed by atoms with E-state index in [1.807, 2.05) is 13.8 Å². The van der Waals surface area contributed by atoms with Gasteiger partial charge in [0.1, 0.15) is 5.69 Å². The van der Waals surface area contributed by atoms with Gasteiger partial charge in [0.2, 0.25) is 0 Å². The van der Waals surface area contributed by atoms with E-state index in [-0.39, 0.29) is 17.1 Å². The largest absolute Gasteiger partial charge is 0.595 e. The highest BCUT2D eigenvalue weighted by Gasteiger charge is 2.13. The lowest BCUT2D eigenvalue weighted by molar-refractivity contribution is -0.996. The van der Waals surface area contributed by atoms with Crippen LogP contribution in [0.1, 0.15) is 20.3 Å². The van der Waals surface area contributed by atoms with Crippen LogP contribution in [-0.4, -0.2) is 16.6 Å². The molecule has 0 saturated carbocycles. The fourth-order valence-corrected chi connectivity index (χ4v) is 1.33. The number of anilines is 1. The molecule has 1 rings (SSSR count). The molecule has 0 saturated heterocycles. The van der Waals surface area contributed by atoms with Crippen molar-refractivity contribution in [2.45, 2.75) is 20.3 Å². The summed E-state index contributed by atoms with van der Waals surface area (Å²) in [5.74, 6) is 0.457. The molecule has 0 aliphatic carbocycles. The molecule has 1 aromatic carbocycles. The first-order valence-corrected chi connectivity index (χ1v) is 5.80. The lowest BCUT2D eigenvalue weighted by atomic mass is 10.2. The highest BCUT2D eigenvalue weighted by atomic mass is 16.8. The van der Waals surface area contributed by atoms with Gasteiger partial charge >= 0.3 is 0 Å². The quantitative estimate of drug-likeness (QED) is 0.366. The van der Waals surface area contributed by atoms with Crippen LogP contribution in [0.25, 0.3) is 0 Å². The van der Waals surface area contributed by atoms with Crippen LogP contribution in [0.4, 0.5) is 17.1 Å². The van der Waals surface area contributed by atoms with Crippen molar-refractivity contribution < 1.29 is 20.9 Å². The van der Waals surface area contributed by atoms with E-state index >= 15 is 0 Å². The lowest BCUT2D eigenvalue weighted by Crippen LogP contribution is -3.00. The molecule has 5 N–H and O–H groups in total. The van der Waals surface area contributed by atoms with Gasteiger partial charge in [0.05, 0.1) is 6.07 Å². The molecule has 0 heterocycles. The highest BCUT2D eigenvalue weighted by molar-refractivity contribution is 5.67. The van der Waals surface area contributed by atoms with Gasteiger partial charge in [0.15, 0.2) is 11.4 Å². The lowest BCUT2D eigenvalue weighted by Gasteiger charge is -2.18. The minimum atomic E-state index is -1.20. The Morgan fingerprint density at radius 2 is 2.00 bits per heavy atom. The number of hydrogen-bond donors (Lipinski definition) is 5. The number of nitrogens with zero attached hydrogens (tertiary/aromatic N) is 1. The Morgan fingerprint density at radius 3 is 2.53 bits per heavy atom. The van der Waals surface area contributed by atoms with Crippen molar-refractivity contribution in [1.29, 1.82) is 0 Å². The Labute approximate surface area is 110 Å². The maximum atomic E-state index is 11.1. The molecule has 0 radical (unpaired) electrons. The molecule has 1 aromatic rings. The van der Waals surface area contributed by atoms with Crippen LogP contribution < -0.4 is 15.9 Å². The number of nitrogens with one attached hydrogen (secondary N) is 3. The van der Waals surface area contributed by atoms with Crippen molar-refractivity contribution in [3.8, 4) is 0 Å². The van der Waals surface area contributed by atoms with E-state index in [4.69, 9.17) is 10.4 Å². The van der Waals surface area contributed by atoms with Crippen LogP contribution in [-0.2, 0) is 0 Å². The standard InChI is InChI=1S/C11H18N4O4/c1-8(2)5-6-12-13-10-4-3-9(14(16)17)7-11(10)15(18)19/h3-4,6-8,13-16,18H,5H2,1-2H3. The first-order chi connectivity index (χ1) is 8.91. The topological polar surface area (TPSA) is 120 Å². The zero-order chi connectivity index (χ0) is 14.4. The van der Waals surface area contributed by atoms with Crippen molar-refractivity contribution in [2.24, 2.45) is 11.0 Å². The molecule has 0 amide bonds. The second-order valence-electron chi connectivity index (χ2n) is 4.42. The SMILES string of the molecule is CC(C)CC=NNc1ccc([NH+]([O-])O)cc1[NH+]([O-])O. The van der Waals surface area contributed by atoms with E-state index in [0.717, 1.165) is 12.5 Å². The van der Waals surface area contributed by atoms with E-state index in [2.05, 4.69) is 10.5 Å². The zero-order valence-corrected chi connectivity index (χ0v) is 10.8. The Hall–Kier alpha value is -1.55. The van der Waals surface area contributed by atoms with Crippen LogP contribution in [0.2, 0.25) is 0 Å². The van der Waals surface area contributed by atoms with Gasteiger partial charge in [-0.2, -0.15) is 15.6 Å². The summed E-state index contributed by atoms with van der Waals surface area (Å²) < 4.78 is 0. The number of quaternary nitrogens is 2. The highest BCUT2D eigenvalue weighted by Crippen LogP contribution is 2.20. The molecule has 0 aliphatic rings. The van der Waals surface area contributed by atoms with Crippen molar-refractivity contribution >= 4 is 23.3 Å². The number of hydrazone groups is 1. The third-order valence-corrected chi connectivity index (χ3v) is 2.35. The van der Waals surface area contributed by atoms with E-state index in [0.29, 0.717) is 5.92 Å². The molecule has 0 aliphatic heterocycles. The van der Waals surface area contributed by atoms with Gasteiger partial charge in [-0.1, -0.05) is 13.8 Å². The number of rotatable bonds is 6. The Kier molecular flexibility index (Phi) is 5.83. The maximum Gasteiger partial charge on any atom is 0.195 e. The van der Waals surface area contributed by atoms with Crippen LogP contribution in [0.3, 0.4) is 0 Å². The predicted molar refractivity (Wildman–Crippen MR) is 69.6 cm³/mol. The van der Waals surface area contributed by atoms with Crippen LogP contribution in [0.5, 0.6) is 0 Å². The van der Waals surface area contributed by atoms with Crippen molar-refractivity contribution in [3.05, 3.63) is 28.6 Å². The molecule has 0 fully saturated rings. The van der Waals surface area contributed by atoms with E-state index in [1.165, 1.54) is 12.1 Å². The van der Waals surface area contributed by atoms with E-state index in [1.54, 1.807) is 6.21 Å². The van der Waals surface area contributed by atoms with Gasteiger partial charge in [-0.25, -0.2) is 10.4 Å². The molecule has 2 unspecified atom stereocenters. The predicted octanol–water partition coefficient (Wildman–Crippen LogP) is -0.0628. The van der Waals surface area contributed by atoms with Crippen LogP contribution in [0.15, 0.2) is 23.3 Å². The zero-order valence-electron chi connectivity index (χ0n) is 10.8. The van der Waals surface area contributed by atoms with Gasteiger partial charge in [-0.15, -0.1) is 0 Å². The van der Waals surface area contributed by atoms with Gasteiger partial charge in [0.25, 0.3) is 0 Å². The molecule has 0 spiro atoms. The molecular weight excluding hydrogens is 252 g/mol. The van der Waals surface area contributed by atoms with Gasteiger partial charge < -0.3 is 10.4 Å². The van der Waals surface area contributed by atoms with Gasteiger partial charge in [-0.3, -0.25) is 5.43 Å². The first-order valence-electron chi connectivity index (χ1n) is 5.80. The normalized spacial score (nSPS) is 14.9. The number of hydrogen-bond acceptors (Lipinski definition) is 6. The molecule has 2 atom stereocenters. The summed E-state index contributed by atoms with van der Waals surface area (Å²) in [6.45, 7) is 4.08. The smallest absolute Gasteiger partial charge is 0.195 e. The second kappa shape index (κ2) is 7.14. The van der Waals surface area contributed by atoms with Crippen molar-refractivity contribution in [2.75, 3.05) is 5.43 Å². The second-order valence-corrected chi connectivity index (χ2v) is 4.42. The summed E-state index contributed by atoms with van der Waals surface area (Å²) in [5, 5.41) is 41.2. The molecule has 0 aromatic heterocycles. The van der Waals surface area contributed by atoms with Gasteiger partial charge in [-0.05, 0) is 18.4 Å². The molecule has 19 heavy (non-hydrogen) atoms. The van der Waals surface area contributed by atoms with Crippen LogP contribution >= 0.6 is 0 Å². The Balaban J connectivity index is 2.85. The fourth-order valence-electron chi connectivity index (χ4n) is 1.33. The average molecular weight is 270 g/mol. The fraction of sp³-hybridized carbons (Fsp3) is 0.364. The Bertz CT molecular complexity index is 435. The summed E-state index contributed by atoms with van der Waals surface area (Å²) in [7, 11) is 0. The summed E-state index contributed by atoms with van der Waals surface area (Å²) in [6, 6.07) is 3.82. The minimum Gasteiger partial charge on any atom is -0.595 e. The van der Waals surface area contributed by atoms with Gasteiger partial charge in [0, 0.05) is 12.3 Å². The maximum absolute atomic E-state index is 11.1. The van der Waals surface area contributed by atoms with E-state index < -0.39 is 10.5 Å². The summed E-state index contributed by atoms with van der Waals surface area (Å²) >= 11 is 0. The van der Waals surface area contributed by atoms with Crippen LogP contribution in [0, 0.1) is 16.3 Å². The molecule has 106 valence electrons. The first kappa shape index (κ1) is 15.5. The van der Waals surface area contributed by atoms with E-state index in [9.17, 15) is 10.4 Å². The van der Waals surface area contributed by atoms with Crippen molar-refractivity contribution in [3.63, 3.8) is 0 Å². The molecule has 8 nitrogen and oxygen atoms in total. The molecule has 0 bridgehead atoms. The third kappa shape index (κ3) is 4.91. The average Bonchev–Trinajstić information content (AvgIpc) is 2.34. The molecule has 8 heteroatoms. The summed E-state index contributed by atoms with van der Waals surface area (Å²) in [5.41, 5.74) is 2.67. The number of benzene rings is 1. The van der Waals surface area contributed by atoms with Crippen molar-refractivity contribution in [1.82, 2.24) is 0 Å². The Morgan fingerprint density at radius 1 is 1.32 bits per heavy atom. The summed E-state index contributed by atoms with van der Waals surface area (Å²) in [4.78, 5) is 0. The summed E-state index contributed by atoms with van der Waals surface area (Å²) in [6.07, 6.45) is 2.42. The minimum absolute atomic E-state index is 0.0749. The third-order valence-electron chi connectivity index (χ3n) is 2.35. The monoisotopic (exact) mass is 270 g/mol.